The minimum atomic E-state index is -0.00523. The molecule has 1 aliphatic heterocycles. The number of fused-ring (bicyclic) bond motifs is 3. The maximum atomic E-state index is 10.1. The van der Waals surface area contributed by atoms with Gasteiger partial charge in [0, 0.05) is 18.0 Å². The van der Waals surface area contributed by atoms with Crippen molar-refractivity contribution >= 4 is 0 Å². The molecule has 3 fully saturated rings. The summed E-state index contributed by atoms with van der Waals surface area (Å²) in [6.07, 6.45) is 9.05. The van der Waals surface area contributed by atoms with Gasteiger partial charge in [-0.15, -0.1) is 0 Å². The molecule has 0 aromatic heterocycles. The molecule has 5 unspecified atom stereocenters. The lowest BCUT2D eigenvalue weighted by Gasteiger charge is -2.34. The number of aliphatic hydroxyl groups excluding tert-OH is 1. The molecule has 2 heteroatoms. The average molecular weight is 195 g/mol. The van der Waals surface area contributed by atoms with Crippen LogP contribution in [0.25, 0.3) is 0 Å². The Morgan fingerprint density at radius 1 is 0.857 bits per heavy atom. The lowest BCUT2D eigenvalue weighted by atomic mass is 9.72. The topological polar surface area (TPSA) is 32.3 Å². The number of rotatable bonds is 0. The van der Waals surface area contributed by atoms with Gasteiger partial charge in [-0.05, 0) is 38.0 Å². The summed E-state index contributed by atoms with van der Waals surface area (Å²) in [6, 6.07) is 1.39. The highest BCUT2D eigenvalue weighted by Crippen LogP contribution is 2.43. The fourth-order valence-electron chi connectivity index (χ4n) is 4.08. The Labute approximate surface area is 86.1 Å². The monoisotopic (exact) mass is 195 g/mol. The van der Waals surface area contributed by atoms with Crippen LogP contribution in [0.3, 0.4) is 0 Å². The van der Waals surface area contributed by atoms with E-state index in [1.165, 1.54) is 38.5 Å². The van der Waals surface area contributed by atoms with Crippen molar-refractivity contribution in [3.8, 4) is 0 Å². The lowest BCUT2D eigenvalue weighted by molar-refractivity contribution is 0.0373. The van der Waals surface area contributed by atoms with Gasteiger partial charge >= 0.3 is 0 Å². The van der Waals surface area contributed by atoms with Crippen LogP contribution in [0, 0.1) is 11.8 Å². The van der Waals surface area contributed by atoms with Crippen LogP contribution in [0.15, 0.2) is 0 Å². The van der Waals surface area contributed by atoms with Crippen LogP contribution >= 0.6 is 0 Å². The van der Waals surface area contributed by atoms with E-state index in [1.807, 2.05) is 0 Å². The van der Waals surface area contributed by atoms with Gasteiger partial charge in [0.05, 0.1) is 6.10 Å². The molecular formula is C12H21NO. The van der Waals surface area contributed by atoms with Crippen molar-refractivity contribution in [1.29, 1.82) is 0 Å². The third kappa shape index (κ3) is 1.31. The minimum absolute atomic E-state index is 0.00523. The highest BCUT2D eigenvalue weighted by atomic mass is 16.3. The van der Waals surface area contributed by atoms with E-state index in [0.29, 0.717) is 12.0 Å². The molecule has 0 spiro atoms. The summed E-state index contributed by atoms with van der Waals surface area (Å²) in [6.45, 7) is 0. The van der Waals surface area contributed by atoms with Crippen molar-refractivity contribution in [3.63, 3.8) is 0 Å². The van der Waals surface area contributed by atoms with Crippen LogP contribution < -0.4 is 5.32 Å². The van der Waals surface area contributed by atoms with Crippen molar-refractivity contribution in [2.45, 2.75) is 63.1 Å². The Morgan fingerprint density at radius 2 is 1.64 bits per heavy atom. The van der Waals surface area contributed by atoms with Gasteiger partial charge in [0.2, 0.25) is 0 Å². The Bertz CT molecular complexity index is 218. The van der Waals surface area contributed by atoms with Gasteiger partial charge < -0.3 is 10.4 Å². The second-order valence-electron chi connectivity index (χ2n) is 5.40. The molecule has 2 aliphatic carbocycles. The lowest BCUT2D eigenvalue weighted by Crippen LogP contribution is -2.39. The summed E-state index contributed by atoms with van der Waals surface area (Å²) in [4.78, 5) is 0. The predicted molar refractivity (Wildman–Crippen MR) is 56.0 cm³/mol. The number of hydrogen-bond acceptors (Lipinski definition) is 2. The Balaban J connectivity index is 1.80. The van der Waals surface area contributed by atoms with E-state index in [2.05, 4.69) is 5.32 Å². The third-order valence-electron chi connectivity index (χ3n) is 4.67. The van der Waals surface area contributed by atoms with E-state index in [1.54, 1.807) is 0 Å². The first-order valence-electron chi connectivity index (χ1n) is 6.30. The van der Waals surface area contributed by atoms with Crippen LogP contribution in [0.4, 0.5) is 0 Å². The standard InChI is InChI=1S/C12H21NO/c14-11-7-3-6-10-12(11)8-4-1-2-5-9(8)13-10/h8-14H,1-7H2. The van der Waals surface area contributed by atoms with Gasteiger partial charge in [-0.1, -0.05) is 12.8 Å². The highest BCUT2D eigenvalue weighted by Gasteiger charge is 2.47. The zero-order valence-electron chi connectivity index (χ0n) is 8.78. The quantitative estimate of drug-likeness (QED) is 0.616. The summed E-state index contributed by atoms with van der Waals surface area (Å²) in [5, 5.41) is 13.8. The average Bonchev–Trinajstić information content (AvgIpc) is 2.57. The zero-order chi connectivity index (χ0) is 9.54. The van der Waals surface area contributed by atoms with E-state index >= 15 is 0 Å². The summed E-state index contributed by atoms with van der Waals surface area (Å²) >= 11 is 0. The SMILES string of the molecule is OC1CCCC2NC3CCCCC3C12. The van der Waals surface area contributed by atoms with Crippen LogP contribution in [0.2, 0.25) is 0 Å². The van der Waals surface area contributed by atoms with Gasteiger partial charge in [-0.2, -0.15) is 0 Å². The van der Waals surface area contributed by atoms with Gasteiger partial charge in [0.15, 0.2) is 0 Å². The molecule has 3 rings (SSSR count). The fraction of sp³-hybridized carbons (Fsp3) is 1.00. The van der Waals surface area contributed by atoms with Crippen molar-refractivity contribution in [2.24, 2.45) is 11.8 Å². The van der Waals surface area contributed by atoms with Crippen molar-refractivity contribution in [3.05, 3.63) is 0 Å². The molecule has 0 aromatic rings. The first-order chi connectivity index (χ1) is 6.86. The molecule has 3 aliphatic rings. The van der Waals surface area contributed by atoms with E-state index in [-0.39, 0.29) is 6.10 Å². The molecule has 5 atom stereocenters. The Morgan fingerprint density at radius 3 is 2.57 bits per heavy atom. The highest BCUT2D eigenvalue weighted by molar-refractivity contribution is 5.03. The first-order valence-corrected chi connectivity index (χ1v) is 6.30. The second-order valence-corrected chi connectivity index (χ2v) is 5.40. The molecule has 0 bridgehead atoms. The molecule has 0 radical (unpaired) electrons. The molecule has 2 saturated carbocycles. The molecule has 0 aromatic carbocycles. The Hall–Kier alpha value is -0.0800. The number of nitrogens with one attached hydrogen (secondary N) is 1. The van der Waals surface area contributed by atoms with Crippen LogP contribution in [-0.4, -0.2) is 23.3 Å². The number of aliphatic hydroxyl groups is 1. The molecule has 2 nitrogen and oxygen atoms in total. The smallest absolute Gasteiger partial charge is 0.0586 e. The van der Waals surface area contributed by atoms with Crippen LogP contribution in [0.1, 0.15) is 44.9 Å². The molecule has 0 amide bonds. The molecular weight excluding hydrogens is 174 g/mol. The van der Waals surface area contributed by atoms with Gasteiger partial charge in [0.25, 0.3) is 0 Å². The fourth-order valence-corrected chi connectivity index (χ4v) is 4.08. The second kappa shape index (κ2) is 3.49. The summed E-state index contributed by atoms with van der Waals surface area (Å²) in [5.74, 6) is 1.39. The van der Waals surface area contributed by atoms with Crippen LogP contribution in [-0.2, 0) is 0 Å². The molecule has 14 heavy (non-hydrogen) atoms. The molecule has 1 saturated heterocycles. The van der Waals surface area contributed by atoms with E-state index in [9.17, 15) is 5.11 Å². The first kappa shape index (κ1) is 9.17. The molecule has 80 valence electrons. The number of hydrogen-bond donors (Lipinski definition) is 2. The zero-order valence-corrected chi connectivity index (χ0v) is 8.78. The maximum Gasteiger partial charge on any atom is 0.0586 e. The predicted octanol–water partition coefficient (Wildman–Crippen LogP) is 1.68. The van der Waals surface area contributed by atoms with E-state index < -0.39 is 0 Å². The summed E-state index contributed by atoms with van der Waals surface area (Å²) < 4.78 is 0. The maximum absolute atomic E-state index is 10.1. The van der Waals surface area contributed by atoms with E-state index in [0.717, 1.165) is 18.4 Å². The van der Waals surface area contributed by atoms with Gasteiger partial charge in [-0.3, -0.25) is 0 Å². The third-order valence-corrected chi connectivity index (χ3v) is 4.67. The van der Waals surface area contributed by atoms with Crippen molar-refractivity contribution < 1.29 is 5.11 Å². The van der Waals surface area contributed by atoms with Crippen molar-refractivity contribution in [1.82, 2.24) is 5.32 Å². The largest absolute Gasteiger partial charge is 0.393 e. The van der Waals surface area contributed by atoms with Crippen molar-refractivity contribution in [2.75, 3.05) is 0 Å². The van der Waals surface area contributed by atoms with E-state index in [4.69, 9.17) is 0 Å². The minimum Gasteiger partial charge on any atom is -0.393 e. The molecule has 1 heterocycles. The summed E-state index contributed by atoms with van der Waals surface area (Å²) in [7, 11) is 0. The molecule has 2 N–H and O–H groups in total. The summed E-state index contributed by atoms with van der Waals surface area (Å²) in [5.41, 5.74) is 0. The van der Waals surface area contributed by atoms with Gasteiger partial charge in [-0.25, -0.2) is 0 Å². The normalized spacial score (nSPS) is 52.5. The van der Waals surface area contributed by atoms with Gasteiger partial charge in [0.1, 0.15) is 0 Å². The van der Waals surface area contributed by atoms with Crippen LogP contribution in [0.5, 0.6) is 0 Å². The Kier molecular flexibility index (Phi) is 2.29.